The smallest absolute Gasteiger partial charge is 0.337 e. The number of hydrogen-bond donors (Lipinski definition) is 4. The normalized spacial score (nSPS) is 15.8. The van der Waals surface area contributed by atoms with Crippen LogP contribution in [0.25, 0.3) is 10.8 Å². The van der Waals surface area contributed by atoms with E-state index in [1.165, 1.54) is 7.11 Å². The van der Waals surface area contributed by atoms with Crippen LogP contribution in [0.5, 0.6) is 17.2 Å². The largest absolute Gasteiger partial charge is 0.490 e. The first-order valence-corrected chi connectivity index (χ1v) is 13.6. The van der Waals surface area contributed by atoms with E-state index in [1.807, 2.05) is 57.2 Å². The highest BCUT2D eigenvalue weighted by molar-refractivity contribution is 6.02. The van der Waals surface area contributed by atoms with Crippen molar-refractivity contribution in [1.82, 2.24) is 16.1 Å². The minimum atomic E-state index is -1.14. The third-order valence-electron chi connectivity index (χ3n) is 6.38. The van der Waals surface area contributed by atoms with Crippen molar-refractivity contribution in [3.8, 4) is 17.2 Å². The van der Waals surface area contributed by atoms with Gasteiger partial charge in [0, 0.05) is 11.3 Å². The van der Waals surface area contributed by atoms with E-state index in [2.05, 4.69) is 21.2 Å². The lowest BCUT2D eigenvalue weighted by Gasteiger charge is -2.28. The minimum absolute atomic E-state index is 0.0191. The van der Waals surface area contributed by atoms with Gasteiger partial charge in [0.15, 0.2) is 17.7 Å². The summed E-state index contributed by atoms with van der Waals surface area (Å²) in [6.07, 6.45) is 0.459. The number of allylic oxidation sites excluding steroid dienone is 1. The van der Waals surface area contributed by atoms with Gasteiger partial charge in [0.05, 0.1) is 37.7 Å². The van der Waals surface area contributed by atoms with Crippen molar-refractivity contribution in [2.45, 2.75) is 46.1 Å². The summed E-state index contributed by atoms with van der Waals surface area (Å²) in [6.45, 7) is 7.57. The van der Waals surface area contributed by atoms with Crippen LogP contribution in [0.15, 0.2) is 71.0 Å². The number of carbonyl (C=O) groups excluding carboxylic acids is 2. The number of aliphatic hydroxyl groups excluding tert-OH is 1. The summed E-state index contributed by atoms with van der Waals surface area (Å²) < 4.78 is 22.5. The molecule has 0 fully saturated rings. The van der Waals surface area contributed by atoms with Crippen LogP contribution in [0.2, 0.25) is 0 Å². The van der Waals surface area contributed by atoms with Crippen molar-refractivity contribution in [1.29, 1.82) is 0 Å². The van der Waals surface area contributed by atoms with Gasteiger partial charge in [-0.25, -0.2) is 9.59 Å². The van der Waals surface area contributed by atoms with E-state index in [9.17, 15) is 14.7 Å². The number of benzene rings is 3. The topological polar surface area (TPSA) is 140 Å². The van der Waals surface area contributed by atoms with Crippen molar-refractivity contribution in [3.05, 3.63) is 77.0 Å². The number of nitrogens with zero attached hydrogens (tertiary/aromatic N) is 1. The molecule has 0 unspecified atom stereocenters. The molecular formula is C31H36N4O7. The van der Waals surface area contributed by atoms with Crippen LogP contribution < -0.4 is 30.3 Å². The molecule has 3 aromatic carbocycles. The average molecular weight is 577 g/mol. The third kappa shape index (κ3) is 7.10. The minimum Gasteiger partial charge on any atom is -0.490 e. The number of methoxy groups -OCH3 is 1. The number of nitrogens with one attached hydrogen (secondary N) is 3. The molecule has 0 bridgehead atoms. The van der Waals surface area contributed by atoms with Gasteiger partial charge in [0.2, 0.25) is 0 Å². The molecular weight excluding hydrogens is 540 g/mol. The van der Waals surface area contributed by atoms with E-state index in [0.29, 0.717) is 35.1 Å². The number of ether oxygens (including phenoxy) is 4. The van der Waals surface area contributed by atoms with Crippen LogP contribution in [0, 0.1) is 0 Å². The lowest BCUT2D eigenvalue weighted by atomic mass is 9.95. The Bertz CT molecular complexity index is 1500. The molecule has 0 aliphatic carbocycles. The Morgan fingerprint density at radius 2 is 1.86 bits per heavy atom. The first-order chi connectivity index (χ1) is 20.2. The van der Waals surface area contributed by atoms with E-state index < -0.39 is 24.3 Å². The van der Waals surface area contributed by atoms with Crippen LogP contribution >= 0.6 is 0 Å². The van der Waals surface area contributed by atoms with Crippen LogP contribution in [0.1, 0.15) is 44.9 Å². The van der Waals surface area contributed by atoms with Crippen LogP contribution in [-0.4, -0.2) is 56.0 Å². The van der Waals surface area contributed by atoms with E-state index in [1.54, 1.807) is 31.3 Å². The monoisotopic (exact) mass is 576 g/mol. The number of aliphatic hydroxyl groups is 1. The zero-order valence-corrected chi connectivity index (χ0v) is 24.3. The molecule has 1 heterocycles. The zero-order chi connectivity index (χ0) is 30.2. The van der Waals surface area contributed by atoms with Gasteiger partial charge in [-0.15, -0.1) is 0 Å². The molecule has 42 heavy (non-hydrogen) atoms. The van der Waals surface area contributed by atoms with Gasteiger partial charge in [-0.2, -0.15) is 5.10 Å². The standard InChI is InChI=1S/C31H36N4O7/c1-6-40-26-15-21(29-28(30(37)39-5)19(4)33-31(38)34-29)12-14-25(26)41-17-27(36)35-32-16-23-22-10-8-7-9-20(22)11-13-24(23)42-18(2)3/h7-16,18,27,29,35-36H,6,17H2,1-5H3,(H2,33,34,38)/b32-16+/t27-,29+/m0/s1. The second-order valence-corrected chi connectivity index (χ2v) is 9.78. The number of hydrogen-bond acceptors (Lipinski definition) is 9. The molecule has 4 rings (SSSR count). The second-order valence-electron chi connectivity index (χ2n) is 9.78. The fourth-order valence-corrected chi connectivity index (χ4v) is 4.58. The summed E-state index contributed by atoms with van der Waals surface area (Å²) in [5.74, 6) is 0.871. The molecule has 3 aromatic rings. The Hall–Kier alpha value is -4.77. The van der Waals surface area contributed by atoms with Gasteiger partial charge >= 0.3 is 12.0 Å². The van der Waals surface area contributed by atoms with Gasteiger partial charge in [-0.05, 0) is 62.2 Å². The Kier molecular flexibility index (Phi) is 9.87. The first kappa shape index (κ1) is 30.2. The number of carbonyl (C=O) groups is 2. The van der Waals surface area contributed by atoms with Crippen LogP contribution in [0.3, 0.4) is 0 Å². The van der Waals surface area contributed by atoms with E-state index in [0.717, 1.165) is 16.3 Å². The lowest BCUT2D eigenvalue weighted by Crippen LogP contribution is -2.45. The van der Waals surface area contributed by atoms with Crippen molar-refractivity contribution >= 4 is 29.0 Å². The van der Waals surface area contributed by atoms with Crippen LogP contribution in [-0.2, 0) is 9.53 Å². The van der Waals surface area contributed by atoms with Gasteiger partial charge in [-0.1, -0.05) is 36.4 Å². The number of esters is 1. The summed E-state index contributed by atoms with van der Waals surface area (Å²) >= 11 is 0. The second kappa shape index (κ2) is 13.7. The molecule has 2 amide bonds. The fraction of sp³-hybridized carbons (Fsp3) is 0.323. The molecule has 1 aliphatic rings. The molecule has 11 heteroatoms. The molecule has 222 valence electrons. The molecule has 0 saturated carbocycles. The number of rotatable bonds is 12. The fourth-order valence-electron chi connectivity index (χ4n) is 4.58. The number of amides is 2. The molecule has 11 nitrogen and oxygen atoms in total. The Labute approximate surface area is 244 Å². The van der Waals surface area contributed by atoms with Crippen molar-refractivity contribution < 1.29 is 33.6 Å². The molecule has 1 aliphatic heterocycles. The molecule has 0 aromatic heterocycles. The summed E-state index contributed by atoms with van der Waals surface area (Å²) in [5, 5.41) is 22.1. The Morgan fingerprint density at radius 1 is 1.10 bits per heavy atom. The predicted molar refractivity (Wildman–Crippen MR) is 159 cm³/mol. The highest BCUT2D eigenvalue weighted by atomic mass is 16.5. The summed E-state index contributed by atoms with van der Waals surface area (Å²) in [7, 11) is 1.28. The Balaban J connectivity index is 1.48. The Morgan fingerprint density at radius 3 is 2.60 bits per heavy atom. The maximum absolute atomic E-state index is 12.4. The van der Waals surface area contributed by atoms with Crippen LogP contribution in [0.4, 0.5) is 4.79 Å². The molecule has 0 saturated heterocycles. The molecule has 4 N–H and O–H groups in total. The summed E-state index contributed by atoms with van der Waals surface area (Å²) in [6, 6.07) is 15.7. The van der Waals surface area contributed by atoms with Gasteiger partial charge in [0.1, 0.15) is 12.4 Å². The van der Waals surface area contributed by atoms with Crippen molar-refractivity contribution in [2.75, 3.05) is 20.3 Å². The summed E-state index contributed by atoms with van der Waals surface area (Å²) in [4.78, 5) is 24.6. The third-order valence-corrected chi connectivity index (χ3v) is 6.38. The van der Waals surface area contributed by atoms with Gasteiger partial charge < -0.3 is 34.7 Å². The first-order valence-electron chi connectivity index (χ1n) is 13.6. The highest BCUT2D eigenvalue weighted by Gasteiger charge is 2.32. The summed E-state index contributed by atoms with van der Waals surface area (Å²) in [5.41, 5.74) is 4.75. The van der Waals surface area contributed by atoms with E-state index >= 15 is 0 Å². The maximum atomic E-state index is 12.4. The quantitative estimate of drug-likeness (QED) is 0.109. The molecule has 2 atom stereocenters. The number of hydrazone groups is 1. The van der Waals surface area contributed by atoms with E-state index in [-0.39, 0.29) is 18.3 Å². The SMILES string of the molecule is CCOc1cc([C@H]2NC(=O)NC(C)=C2C(=O)OC)ccc1OC[C@H](O)N/N=C/c1c(OC(C)C)ccc2ccccc12. The number of urea groups is 1. The predicted octanol–water partition coefficient (Wildman–Crippen LogP) is 4.15. The lowest BCUT2D eigenvalue weighted by molar-refractivity contribution is -0.136. The van der Waals surface area contributed by atoms with Crippen molar-refractivity contribution in [2.24, 2.45) is 5.10 Å². The number of fused-ring (bicyclic) bond motifs is 1. The van der Waals surface area contributed by atoms with Gasteiger partial charge in [-0.3, -0.25) is 5.43 Å². The average Bonchev–Trinajstić information content (AvgIpc) is 2.96. The molecule has 0 radical (unpaired) electrons. The molecule has 0 spiro atoms. The van der Waals surface area contributed by atoms with Crippen molar-refractivity contribution in [3.63, 3.8) is 0 Å². The zero-order valence-electron chi connectivity index (χ0n) is 24.3. The maximum Gasteiger partial charge on any atom is 0.337 e. The van der Waals surface area contributed by atoms with Gasteiger partial charge in [0.25, 0.3) is 0 Å². The van der Waals surface area contributed by atoms with E-state index in [4.69, 9.17) is 18.9 Å². The highest BCUT2D eigenvalue weighted by Crippen LogP contribution is 2.35.